The van der Waals surface area contributed by atoms with Crippen molar-refractivity contribution in [3.63, 3.8) is 0 Å². The van der Waals surface area contributed by atoms with Crippen molar-refractivity contribution in [1.29, 1.82) is 0 Å². The zero-order valence-corrected chi connectivity index (χ0v) is 11.3. The van der Waals surface area contributed by atoms with Crippen molar-refractivity contribution < 1.29 is 18.3 Å². The number of methoxy groups -OCH3 is 1. The van der Waals surface area contributed by atoms with Crippen LogP contribution in [0.1, 0.15) is 15.9 Å². The maximum Gasteiger partial charge on any atom is 0.251 e. The first-order valence-corrected chi connectivity index (χ1v) is 6.17. The molecular weight excluding hydrogens is 278 g/mol. The van der Waals surface area contributed by atoms with Gasteiger partial charge in [-0.15, -0.1) is 0 Å². The van der Waals surface area contributed by atoms with Crippen LogP contribution in [0, 0.1) is 11.6 Å². The molecule has 2 aromatic carbocycles. The summed E-state index contributed by atoms with van der Waals surface area (Å²) in [5, 5.41) is 2.80. The van der Waals surface area contributed by atoms with E-state index < -0.39 is 17.5 Å². The molecule has 0 aliphatic carbocycles. The molecule has 0 radical (unpaired) electrons. The lowest BCUT2D eigenvalue weighted by molar-refractivity contribution is 0.0996. The van der Waals surface area contributed by atoms with Gasteiger partial charge in [0.25, 0.3) is 5.91 Å². The second-order valence-corrected chi connectivity index (χ2v) is 4.34. The van der Waals surface area contributed by atoms with Crippen LogP contribution in [0.25, 0.3) is 0 Å². The van der Waals surface area contributed by atoms with Crippen molar-refractivity contribution in [2.75, 3.05) is 12.4 Å². The Kier molecular flexibility index (Phi) is 4.37. The van der Waals surface area contributed by atoms with Gasteiger partial charge in [0.1, 0.15) is 17.4 Å². The standard InChI is InChI=1S/C15H14F2N2O2/c1-21-14-5-3-2-4-9(14)8-19-13-6-10(15(18)20)11(16)7-12(13)17/h2-7,19H,8H2,1H3,(H2,18,20). The van der Waals surface area contributed by atoms with Crippen molar-refractivity contribution in [2.24, 2.45) is 5.73 Å². The molecule has 21 heavy (non-hydrogen) atoms. The van der Waals surface area contributed by atoms with Crippen LogP contribution in [-0.2, 0) is 6.54 Å². The van der Waals surface area contributed by atoms with E-state index in [0.29, 0.717) is 11.8 Å². The summed E-state index contributed by atoms with van der Waals surface area (Å²) in [6, 6.07) is 8.89. The van der Waals surface area contributed by atoms with Crippen molar-refractivity contribution in [2.45, 2.75) is 6.54 Å². The van der Waals surface area contributed by atoms with E-state index in [2.05, 4.69) is 5.32 Å². The van der Waals surface area contributed by atoms with E-state index in [9.17, 15) is 13.6 Å². The number of ether oxygens (including phenoxy) is 1. The second kappa shape index (κ2) is 6.21. The smallest absolute Gasteiger partial charge is 0.251 e. The van der Waals surface area contributed by atoms with E-state index >= 15 is 0 Å². The fourth-order valence-electron chi connectivity index (χ4n) is 1.91. The summed E-state index contributed by atoms with van der Waals surface area (Å²) in [7, 11) is 1.53. The molecule has 4 nitrogen and oxygen atoms in total. The lowest BCUT2D eigenvalue weighted by Gasteiger charge is -2.12. The Labute approximate surface area is 120 Å². The summed E-state index contributed by atoms with van der Waals surface area (Å²) in [5.41, 5.74) is 5.47. The predicted molar refractivity (Wildman–Crippen MR) is 75.2 cm³/mol. The maximum absolute atomic E-state index is 13.7. The van der Waals surface area contributed by atoms with Gasteiger partial charge < -0.3 is 15.8 Å². The number of primary amides is 1. The van der Waals surface area contributed by atoms with Gasteiger partial charge in [-0.25, -0.2) is 8.78 Å². The second-order valence-electron chi connectivity index (χ2n) is 4.34. The van der Waals surface area contributed by atoms with Crippen molar-refractivity contribution in [3.05, 3.63) is 59.2 Å². The Bertz CT molecular complexity index is 675. The molecule has 1 amide bonds. The Balaban J connectivity index is 2.24. The van der Waals surface area contributed by atoms with Crippen LogP contribution >= 0.6 is 0 Å². The fraction of sp³-hybridized carbons (Fsp3) is 0.133. The Morgan fingerprint density at radius 3 is 2.62 bits per heavy atom. The topological polar surface area (TPSA) is 64.3 Å². The molecule has 110 valence electrons. The largest absolute Gasteiger partial charge is 0.496 e. The predicted octanol–water partition coefficient (Wildman–Crippen LogP) is 2.68. The number of nitrogens with two attached hydrogens (primary N) is 1. The Morgan fingerprint density at radius 1 is 1.24 bits per heavy atom. The molecule has 0 fully saturated rings. The van der Waals surface area contributed by atoms with Crippen molar-refractivity contribution in [3.8, 4) is 5.75 Å². The highest BCUT2D eigenvalue weighted by Crippen LogP contribution is 2.22. The van der Waals surface area contributed by atoms with Gasteiger partial charge in [0.05, 0.1) is 18.4 Å². The molecule has 3 N–H and O–H groups in total. The number of carbonyl (C=O) groups is 1. The van der Waals surface area contributed by atoms with Gasteiger partial charge in [0.15, 0.2) is 0 Å². The zero-order valence-electron chi connectivity index (χ0n) is 11.3. The molecule has 0 bridgehead atoms. The summed E-state index contributed by atoms with van der Waals surface area (Å²) < 4.78 is 32.2. The molecule has 0 spiro atoms. The molecule has 0 saturated carbocycles. The van der Waals surface area contributed by atoms with Crippen molar-refractivity contribution >= 4 is 11.6 Å². The first kappa shape index (κ1) is 14.8. The van der Waals surface area contributed by atoms with Gasteiger partial charge in [-0.1, -0.05) is 18.2 Å². The molecule has 0 heterocycles. The summed E-state index contributed by atoms with van der Waals surface area (Å²) in [6.45, 7) is 0.255. The van der Waals surface area contributed by atoms with Gasteiger partial charge in [-0.05, 0) is 12.1 Å². The number of hydrogen-bond donors (Lipinski definition) is 2. The minimum Gasteiger partial charge on any atom is -0.496 e. The first-order chi connectivity index (χ1) is 10.0. The average molecular weight is 292 g/mol. The van der Waals surface area contributed by atoms with Crippen LogP contribution in [0.15, 0.2) is 36.4 Å². The molecular formula is C15H14F2N2O2. The van der Waals surface area contributed by atoms with E-state index in [0.717, 1.165) is 11.6 Å². The van der Waals surface area contributed by atoms with Crippen LogP contribution in [0.4, 0.5) is 14.5 Å². The molecule has 2 aromatic rings. The number of benzene rings is 2. The maximum atomic E-state index is 13.7. The number of carbonyl (C=O) groups excluding carboxylic acids is 1. The number of amides is 1. The van der Waals surface area contributed by atoms with Crippen LogP contribution in [0.2, 0.25) is 0 Å². The monoisotopic (exact) mass is 292 g/mol. The van der Waals surface area contributed by atoms with Gasteiger partial charge >= 0.3 is 0 Å². The highest BCUT2D eigenvalue weighted by molar-refractivity contribution is 5.94. The van der Waals surface area contributed by atoms with Crippen molar-refractivity contribution in [1.82, 2.24) is 0 Å². The minimum absolute atomic E-state index is 0.00361. The first-order valence-electron chi connectivity index (χ1n) is 6.17. The molecule has 0 saturated heterocycles. The number of hydrogen-bond acceptors (Lipinski definition) is 3. The lowest BCUT2D eigenvalue weighted by atomic mass is 10.1. The quantitative estimate of drug-likeness (QED) is 0.890. The van der Waals surface area contributed by atoms with E-state index in [1.165, 1.54) is 7.11 Å². The van der Waals surface area contributed by atoms with E-state index in [-0.39, 0.29) is 17.8 Å². The minimum atomic E-state index is -0.983. The number of halogens is 2. The number of para-hydroxylation sites is 1. The van der Waals surface area contributed by atoms with Crippen LogP contribution in [0.5, 0.6) is 5.75 Å². The SMILES string of the molecule is COc1ccccc1CNc1cc(C(N)=O)c(F)cc1F. The summed E-state index contributed by atoms with van der Waals surface area (Å²) >= 11 is 0. The molecule has 2 rings (SSSR count). The van der Waals surface area contributed by atoms with Gasteiger partial charge in [0.2, 0.25) is 0 Å². The van der Waals surface area contributed by atoms with Gasteiger partial charge in [-0.3, -0.25) is 4.79 Å². The zero-order chi connectivity index (χ0) is 15.4. The average Bonchev–Trinajstić information content (AvgIpc) is 2.46. The third kappa shape index (κ3) is 3.28. The molecule has 0 aromatic heterocycles. The summed E-state index contributed by atoms with van der Waals surface area (Å²) in [6.07, 6.45) is 0. The van der Waals surface area contributed by atoms with Gasteiger partial charge in [0, 0.05) is 18.2 Å². The van der Waals surface area contributed by atoms with Gasteiger partial charge in [-0.2, -0.15) is 0 Å². The highest BCUT2D eigenvalue weighted by atomic mass is 19.1. The Hall–Kier alpha value is -2.63. The normalized spacial score (nSPS) is 10.2. The number of rotatable bonds is 5. The molecule has 0 aliphatic rings. The summed E-state index contributed by atoms with van der Waals surface area (Å²) in [5.74, 6) is -2.09. The molecule has 0 aliphatic heterocycles. The molecule has 0 atom stereocenters. The molecule has 0 unspecified atom stereocenters. The van der Waals surface area contributed by atoms with E-state index in [4.69, 9.17) is 10.5 Å². The highest BCUT2D eigenvalue weighted by Gasteiger charge is 2.14. The lowest BCUT2D eigenvalue weighted by Crippen LogP contribution is -2.14. The van der Waals surface area contributed by atoms with Crippen LogP contribution in [-0.4, -0.2) is 13.0 Å². The van der Waals surface area contributed by atoms with Crippen LogP contribution < -0.4 is 15.8 Å². The van der Waals surface area contributed by atoms with Crippen LogP contribution in [0.3, 0.4) is 0 Å². The number of nitrogens with one attached hydrogen (secondary N) is 1. The summed E-state index contributed by atoms with van der Waals surface area (Å²) in [4.78, 5) is 11.1. The van der Waals surface area contributed by atoms with E-state index in [1.807, 2.05) is 18.2 Å². The third-order valence-electron chi connectivity index (χ3n) is 2.98. The fourth-order valence-corrected chi connectivity index (χ4v) is 1.91. The van der Waals surface area contributed by atoms with E-state index in [1.54, 1.807) is 6.07 Å². The number of anilines is 1. The Morgan fingerprint density at radius 2 is 1.95 bits per heavy atom. The third-order valence-corrected chi connectivity index (χ3v) is 2.98. The molecule has 6 heteroatoms.